The van der Waals surface area contributed by atoms with Gasteiger partial charge in [-0.2, -0.15) is 11.8 Å². The molecule has 1 heterocycles. The van der Waals surface area contributed by atoms with Crippen LogP contribution < -0.4 is 10.6 Å². The SMILES string of the molecule is CSCCC(NC(=O)OC(C)(C)C)c1nnc(SCC(=O)Nc2cccc(Cl)c2C)o1. The van der Waals surface area contributed by atoms with E-state index in [1.54, 1.807) is 50.7 Å². The summed E-state index contributed by atoms with van der Waals surface area (Å²) in [5, 5.41) is 14.4. The van der Waals surface area contributed by atoms with Crippen molar-refractivity contribution >= 4 is 52.8 Å². The number of aromatic nitrogens is 2. The minimum atomic E-state index is -0.612. The molecule has 31 heavy (non-hydrogen) atoms. The average molecular weight is 487 g/mol. The second-order valence-corrected chi connectivity index (χ2v) is 9.96. The molecule has 0 radical (unpaired) electrons. The molecule has 1 atom stereocenters. The third-order valence-corrected chi connectivity index (χ3v) is 5.76. The molecule has 2 aromatic rings. The normalized spacial score (nSPS) is 12.3. The number of rotatable bonds is 9. The number of amides is 2. The second-order valence-electron chi connectivity index (χ2n) is 7.64. The number of halogens is 1. The number of nitrogens with zero attached hydrogens (tertiary/aromatic N) is 2. The van der Waals surface area contributed by atoms with E-state index < -0.39 is 17.7 Å². The van der Waals surface area contributed by atoms with Gasteiger partial charge in [0.2, 0.25) is 11.8 Å². The molecule has 0 bridgehead atoms. The first kappa shape index (κ1) is 25.4. The molecule has 0 aliphatic carbocycles. The number of hydrogen-bond donors (Lipinski definition) is 2. The van der Waals surface area contributed by atoms with Gasteiger partial charge in [0, 0.05) is 10.7 Å². The third kappa shape index (κ3) is 8.62. The summed E-state index contributed by atoms with van der Waals surface area (Å²) in [4.78, 5) is 24.4. The third-order valence-electron chi connectivity index (χ3n) is 3.89. The van der Waals surface area contributed by atoms with E-state index in [9.17, 15) is 9.59 Å². The van der Waals surface area contributed by atoms with Gasteiger partial charge >= 0.3 is 6.09 Å². The Labute approximate surface area is 195 Å². The van der Waals surface area contributed by atoms with Crippen molar-refractivity contribution < 1.29 is 18.7 Å². The van der Waals surface area contributed by atoms with Crippen LogP contribution in [0.25, 0.3) is 0 Å². The molecule has 0 spiro atoms. The van der Waals surface area contributed by atoms with Crippen molar-refractivity contribution in [2.24, 2.45) is 0 Å². The Kier molecular flexibility index (Phi) is 9.52. The number of thioether (sulfide) groups is 2. The van der Waals surface area contributed by atoms with Gasteiger partial charge in [0.15, 0.2) is 0 Å². The quantitative estimate of drug-likeness (QED) is 0.472. The van der Waals surface area contributed by atoms with E-state index in [1.807, 2.05) is 13.2 Å². The van der Waals surface area contributed by atoms with Gasteiger partial charge < -0.3 is 19.8 Å². The van der Waals surface area contributed by atoms with Crippen LogP contribution in [0.15, 0.2) is 27.8 Å². The first-order chi connectivity index (χ1) is 14.6. The summed E-state index contributed by atoms with van der Waals surface area (Å²) >= 11 is 8.83. The monoisotopic (exact) mass is 486 g/mol. The summed E-state index contributed by atoms with van der Waals surface area (Å²) in [6.07, 6.45) is 2.02. The van der Waals surface area contributed by atoms with Crippen LogP contribution in [0.3, 0.4) is 0 Å². The Hall–Kier alpha value is -1.91. The maximum Gasteiger partial charge on any atom is 0.408 e. The van der Waals surface area contributed by atoms with Crippen molar-refractivity contribution in [2.75, 3.05) is 23.1 Å². The van der Waals surface area contributed by atoms with Crippen LogP contribution in [0, 0.1) is 6.92 Å². The van der Waals surface area contributed by atoms with Gasteiger partial charge in [0.1, 0.15) is 11.6 Å². The predicted octanol–water partition coefficient (Wildman–Crippen LogP) is 5.08. The minimum Gasteiger partial charge on any atom is -0.444 e. The second kappa shape index (κ2) is 11.6. The van der Waals surface area contributed by atoms with Crippen molar-refractivity contribution in [3.63, 3.8) is 0 Å². The fourth-order valence-corrected chi connectivity index (χ4v) is 3.63. The lowest BCUT2D eigenvalue weighted by Gasteiger charge is -2.22. The van der Waals surface area contributed by atoms with E-state index in [0.29, 0.717) is 17.1 Å². The Balaban J connectivity index is 1.96. The summed E-state index contributed by atoms with van der Waals surface area (Å²) in [5.74, 6) is 0.921. The summed E-state index contributed by atoms with van der Waals surface area (Å²) < 4.78 is 11.0. The highest BCUT2D eigenvalue weighted by atomic mass is 35.5. The Morgan fingerprint density at radius 3 is 2.71 bits per heavy atom. The largest absolute Gasteiger partial charge is 0.444 e. The molecule has 0 saturated heterocycles. The number of anilines is 1. The smallest absolute Gasteiger partial charge is 0.408 e. The summed E-state index contributed by atoms with van der Waals surface area (Å²) in [5.41, 5.74) is 0.842. The van der Waals surface area contributed by atoms with E-state index in [0.717, 1.165) is 23.1 Å². The molecule has 2 N–H and O–H groups in total. The number of carbonyl (C=O) groups is 2. The maximum absolute atomic E-state index is 12.3. The summed E-state index contributed by atoms with van der Waals surface area (Å²) in [7, 11) is 0. The highest BCUT2D eigenvalue weighted by molar-refractivity contribution is 7.99. The standard InChI is InChI=1S/C20H27ClN4O4S2/c1-12-13(21)7-6-8-14(12)22-16(26)11-31-19-25-24-17(28-19)15(9-10-30-5)23-18(27)29-20(2,3)4/h6-8,15H,9-11H2,1-5H3,(H,22,26)(H,23,27). The lowest BCUT2D eigenvalue weighted by molar-refractivity contribution is -0.113. The molecule has 0 fully saturated rings. The van der Waals surface area contributed by atoms with Crippen LogP contribution in [0.5, 0.6) is 0 Å². The van der Waals surface area contributed by atoms with Crippen LogP contribution in [-0.2, 0) is 9.53 Å². The predicted molar refractivity (Wildman–Crippen MR) is 125 cm³/mol. The molecule has 8 nitrogen and oxygen atoms in total. The topological polar surface area (TPSA) is 106 Å². The summed E-state index contributed by atoms with van der Waals surface area (Å²) in [6.45, 7) is 7.21. The molecular weight excluding hydrogens is 460 g/mol. The van der Waals surface area contributed by atoms with E-state index in [4.69, 9.17) is 20.8 Å². The molecule has 1 unspecified atom stereocenters. The number of benzene rings is 1. The lowest BCUT2D eigenvalue weighted by Crippen LogP contribution is -2.35. The zero-order chi connectivity index (χ0) is 23.0. The van der Waals surface area contributed by atoms with Crippen LogP contribution in [0.2, 0.25) is 5.02 Å². The van der Waals surface area contributed by atoms with E-state index in [1.165, 1.54) is 0 Å². The van der Waals surface area contributed by atoms with E-state index >= 15 is 0 Å². The van der Waals surface area contributed by atoms with Crippen molar-refractivity contribution in [3.05, 3.63) is 34.7 Å². The zero-order valence-corrected chi connectivity index (χ0v) is 20.5. The van der Waals surface area contributed by atoms with E-state index in [-0.39, 0.29) is 22.8 Å². The lowest BCUT2D eigenvalue weighted by atomic mass is 10.2. The minimum absolute atomic E-state index is 0.0859. The first-order valence-corrected chi connectivity index (χ1v) is 12.3. The van der Waals surface area contributed by atoms with Crippen LogP contribution >= 0.6 is 35.1 Å². The molecular formula is C20H27ClN4O4S2. The average Bonchev–Trinajstić information content (AvgIpc) is 3.14. The molecule has 1 aromatic heterocycles. The number of alkyl carbamates (subject to hydrolysis) is 1. The van der Waals surface area contributed by atoms with Gasteiger partial charge in [-0.3, -0.25) is 4.79 Å². The highest BCUT2D eigenvalue weighted by Gasteiger charge is 2.24. The van der Waals surface area contributed by atoms with Gasteiger partial charge in [0.05, 0.1) is 5.75 Å². The molecule has 2 amide bonds. The number of hydrogen-bond acceptors (Lipinski definition) is 8. The first-order valence-electron chi connectivity index (χ1n) is 9.58. The van der Waals surface area contributed by atoms with Crippen molar-refractivity contribution in [1.29, 1.82) is 0 Å². The van der Waals surface area contributed by atoms with Gasteiger partial charge in [0.25, 0.3) is 5.22 Å². The van der Waals surface area contributed by atoms with Gasteiger partial charge in [-0.25, -0.2) is 4.79 Å². The van der Waals surface area contributed by atoms with Crippen molar-refractivity contribution in [2.45, 2.75) is 51.0 Å². The fourth-order valence-electron chi connectivity index (χ4n) is 2.42. The Bertz CT molecular complexity index is 902. The van der Waals surface area contributed by atoms with E-state index in [2.05, 4.69) is 20.8 Å². The van der Waals surface area contributed by atoms with Crippen molar-refractivity contribution in [3.8, 4) is 0 Å². The molecule has 0 aliphatic rings. The molecule has 0 aliphatic heterocycles. The maximum atomic E-state index is 12.3. The van der Waals surface area contributed by atoms with Crippen LogP contribution in [0.4, 0.5) is 10.5 Å². The molecule has 2 rings (SSSR count). The number of ether oxygens (including phenoxy) is 1. The number of carbonyl (C=O) groups excluding carboxylic acids is 2. The molecule has 11 heteroatoms. The fraction of sp³-hybridized carbons (Fsp3) is 0.500. The molecule has 1 aromatic carbocycles. The highest BCUT2D eigenvalue weighted by Crippen LogP contribution is 2.25. The van der Waals surface area contributed by atoms with Gasteiger partial charge in [-0.1, -0.05) is 29.4 Å². The van der Waals surface area contributed by atoms with Crippen LogP contribution in [-0.4, -0.2) is 45.6 Å². The molecule has 170 valence electrons. The Morgan fingerprint density at radius 2 is 2.03 bits per heavy atom. The van der Waals surface area contributed by atoms with Gasteiger partial charge in [-0.05, 0) is 63.8 Å². The van der Waals surface area contributed by atoms with Gasteiger partial charge in [-0.15, -0.1) is 10.2 Å². The van der Waals surface area contributed by atoms with Crippen molar-refractivity contribution in [1.82, 2.24) is 15.5 Å². The van der Waals surface area contributed by atoms with Crippen LogP contribution in [0.1, 0.15) is 44.7 Å². The summed E-state index contributed by atoms with van der Waals surface area (Å²) in [6, 6.07) is 4.84. The number of nitrogens with one attached hydrogen (secondary N) is 2. The zero-order valence-electron chi connectivity index (χ0n) is 18.2. The molecule has 0 saturated carbocycles. The Morgan fingerprint density at radius 1 is 1.29 bits per heavy atom.